The Morgan fingerprint density at radius 3 is 2.43 bits per heavy atom. The van der Waals surface area contributed by atoms with Gasteiger partial charge in [-0.3, -0.25) is 0 Å². The van der Waals surface area contributed by atoms with Crippen LogP contribution in [0.4, 0.5) is 0 Å². The molecule has 1 N–H and O–H groups in total. The number of sulfonamides is 1. The molecule has 21 heavy (non-hydrogen) atoms. The third-order valence-corrected chi connectivity index (χ3v) is 6.08. The van der Waals surface area contributed by atoms with Crippen LogP contribution in [0.15, 0.2) is 30.3 Å². The highest BCUT2D eigenvalue weighted by Gasteiger charge is 2.25. The van der Waals surface area contributed by atoms with Gasteiger partial charge in [0, 0.05) is 12.4 Å². The first-order valence-corrected chi connectivity index (χ1v) is 9.86. The summed E-state index contributed by atoms with van der Waals surface area (Å²) in [7, 11) is -3.20. The number of aryl methyl sites for hydroxylation is 1. The van der Waals surface area contributed by atoms with E-state index in [1.165, 1.54) is 12.8 Å². The molecule has 1 fully saturated rings. The lowest BCUT2D eigenvalue weighted by molar-refractivity contribution is 0.260. The van der Waals surface area contributed by atoms with Gasteiger partial charge in [0.1, 0.15) is 0 Å². The Morgan fingerprint density at radius 1 is 1.10 bits per heavy atom. The van der Waals surface area contributed by atoms with Gasteiger partial charge in [0.05, 0.1) is 5.75 Å². The first kappa shape index (κ1) is 16.8. The molecule has 1 aromatic rings. The quantitative estimate of drug-likeness (QED) is 0.781. The number of alkyl halides is 1. The SMILES string of the molecule is O=S(=O)(CCc1ccccc1)NCC1CCCCC1CCl. The molecule has 0 saturated heterocycles. The van der Waals surface area contributed by atoms with E-state index in [4.69, 9.17) is 11.6 Å². The predicted octanol–water partition coefficient (Wildman–Crippen LogP) is 3.19. The molecule has 0 bridgehead atoms. The van der Waals surface area contributed by atoms with E-state index >= 15 is 0 Å². The molecule has 118 valence electrons. The number of rotatable bonds is 7. The number of benzene rings is 1. The molecule has 0 radical (unpaired) electrons. The predicted molar refractivity (Wildman–Crippen MR) is 88.1 cm³/mol. The van der Waals surface area contributed by atoms with Crippen molar-refractivity contribution < 1.29 is 8.42 Å². The fraction of sp³-hybridized carbons (Fsp3) is 0.625. The van der Waals surface area contributed by atoms with Crippen molar-refractivity contribution in [2.24, 2.45) is 11.8 Å². The van der Waals surface area contributed by atoms with E-state index in [1.54, 1.807) is 0 Å². The largest absolute Gasteiger partial charge is 0.215 e. The third kappa shape index (κ3) is 5.61. The van der Waals surface area contributed by atoms with Gasteiger partial charge in [-0.2, -0.15) is 0 Å². The Hall–Kier alpha value is -0.580. The minimum absolute atomic E-state index is 0.148. The van der Waals surface area contributed by atoms with Gasteiger partial charge < -0.3 is 0 Å². The van der Waals surface area contributed by atoms with Crippen LogP contribution in [0.5, 0.6) is 0 Å². The fourth-order valence-electron chi connectivity index (χ4n) is 2.96. The highest BCUT2D eigenvalue weighted by atomic mass is 35.5. The summed E-state index contributed by atoms with van der Waals surface area (Å²) in [5.74, 6) is 1.63. The average molecular weight is 330 g/mol. The first-order valence-electron chi connectivity index (χ1n) is 7.68. The second-order valence-electron chi connectivity index (χ2n) is 5.86. The second kappa shape index (κ2) is 8.16. The summed E-state index contributed by atoms with van der Waals surface area (Å²) in [5.41, 5.74) is 1.05. The number of nitrogens with one attached hydrogen (secondary N) is 1. The number of halogens is 1. The van der Waals surface area contributed by atoms with Gasteiger partial charge in [0.2, 0.25) is 10.0 Å². The average Bonchev–Trinajstić information content (AvgIpc) is 2.52. The normalized spacial score (nSPS) is 23.1. The van der Waals surface area contributed by atoms with Crippen LogP contribution in [0.1, 0.15) is 31.2 Å². The van der Waals surface area contributed by atoms with Crippen LogP contribution in [0, 0.1) is 11.8 Å². The van der Waals surface area contributed by atoms with Crippen molar-refractivity contribution in [2.45, 2.75) is 32.1 Å². The minimum Gasteiger partial charge on any atom is -0.215 e. The van der Waals surface area contributed by atoms with E-state index in [0.717, 1.165) is 18.4 Å². The van der Waals surface area contributed by atoms with E-state index in [0.29, 0.717) is 30.7 Å². The summed E-state index contributed by atoms with van der Waals surface area (Å²) < 4.78 is 27.0. The molecule has 1 aromatic carbocycles. The minimum atomic E-state index is -3.20. The smallest absolute Gasteiger partial charge is 0.211 e. The zero-order chi connectivity index (χ0) is 15.1. The molecule has 1 saturated carbocycles. The van der Waals surface area contributed by atoms with Crippen molar-refractivity contribution >= 4 is 21.6 Å². The van der Waals surface area contributed by atoms with Gasteiger partial charge >= 0.3 is 0 Å². The summed E-state index contributed by atoms with van der Waals surface area (Å²) in [6.07, 6.45) is 5.16. The zero-order valence-electron chi connectivity index (χ0n) is 12.3. The molecule has 0 spiro atoms. The van der Waals surface area contributed by atoms with Gasteiger partial charge in [0.15, 0.2) is 0 Å². The molecule has 2 atom stereocenters. The third-order valence-electron chi connectivity index (χ3n) is 4.33. The van der Waals surface area contributed by atoms with Gasteiger partial charge in [-0.1, -0.05) is 43.2 Å². The van der Waals surface area contributed by atoms with Crippen molar-refractivity contribution in [1.82, 2.24) is 4.72 Å². The van der Waals surface area contributed by atoms with Gasteiger partial charge in [0.25, 0.3) is 0 Å². The van der Waals surface area contributed by atoms with E-state index in [9.17, 15) is 8.42 Å². The van der Waals surface area contributed by atoms with Gasteiger partial charge in [-0.25, -0.2) is 13.1 Å². The summed E-state index contributed by atoms with van der Waals surface area (Å²) in [5, 5.41) is 0. The molecular weight excluding hydrogens is 306 g/mol. The first-order chi connectivity index (χ1) is 10.1. The van der Waals surface area contributed by atoms with Crippen molar-refractivity contribution in [1.29, 1.82) is 0 Å². The maximum Gasteiger partial charge on any atom is 0.211 e. The van der Waals surface area contributed by atoms with Crippen molar-refractivity contribution in [3.8, 4) is 0 Å². The molecule has 2 unspecified atom stereocenters. The summed E-state index contributed by atoms with van der Waals surface area (Å²) in [6.45, 7) is 0.536. The Labute approximate surface area is 133 Å². The van der Waals surface area contributed by atoms with Gasteiger partial charge in [-0.05, 0) is 36.7 Å². The van der Waals surface area contributed by atoms with E-state index in [-0.39, 0.29) is 5.75 Å². The van der Waals surface area contributed by atoms with Crippen LogP contribution in [-0.4, -0.2) is 26.6 Å². The number of hydrogen-bond acceptors (Lipinski definition) is 2. The molecular formula is C16H24ClNO2S. The molecule has 1 aliphatic carbocycles. The Bertz CT molecular complexity index is 518. The van der Waals surface area contributed by atoms with Crippen LogP contribution in [0.3, 0.4) is 0 Å². The summed E-state index contributed by atoms with van der Waals surface area (Å²) >= 11 is 5.99. The Morgan fingerprint density at radius 2 is 1.76 bits per heavy atom. The maximum absolute atomic E-state index is 12.1. The van der Waals surface area contributed by atoms with Gasteiger partial charge in [-0.15, -0.1) is 11.6 Å². The molecule has 5 heteroatoms. The summed E-state index contributed by atoms with van der Waals surface area (Å²) in [4.78, 5) is 0. The molecule has 3 nitrogen and oxygen atoms in total. The van der Waals surface area contributed by atoms with E-state index in [1.807, 2.05) is 30.3 Å². The molecule has 0 aliphatic heterocycles. The van der Waals surface area contributed by atoms with Crippen molar-refractivity contribution in [3.05, 3.63) is 35.9 Å². The van der Waals surface area contributed by atoms with Crippen LogP contribution in [-0.2, 0) is 16.4 Å². The Kier molecular flexibility index (Phi) is 6.52. The van der Waals surface area contributed by atoms with Crippen LogP contribution in [0.2, 0.25) is 0 Å². The van der Waals surface area contributed by atoms with Crippen molar-refractivity contribution in [2.75, 3.05) is 18.2 Å². The maximum atomic E-state index is 12.1. The summed E-state index contributed by atoms with van der Waals surface area (Å²) in [6, 6.07) is 9.72. The fourth-order valence-corrected chi connectivity index (χ4v) is 4.48. The molecule has 1 aliphatic rings. The zero-order valence-corrected chi connectivity index (χ0v) is 13.9. The lowest BCUT2D eigenvalue weighted by Gasteiger charge is -2.30. The lowest BCUT2D eigenvalue weighted by atomic mass is 9.80. The Balaban J connectivity index is 1.80. The van der Waals surface area contributed by atoms with Crippen molar-refractivity contribution in [3.63, 3.8) is 0 Å². The number of hydrogen-bond donors (Lipinski definition) is 1. The highest BCUT2D eigenvalue weighted by molar-refractivity contribution is 7.89. The molecule has 0 heterocycles. The molecule has 0 aromatic heterocycles. The van der Waals surface area contributed by atoms with Crippen LogP contribution in [0.25, 0.3) is 0 Å². The highest BCUT2D eigenvalue weighted by Crippen LogP contribution is 2.30. The topological polar surface area (TPSA) is 46.2 Å². The van der Waals surface area contributed by atoms with Crippen LogP contribution < -0.4 is 4.72 Å². The molecule has 0 amide bonds. The monoisotopic (exact) mass is 329 g/mol. The molecule has 2 rings (SSSR count). The van der Waals surface area contributed by atoms with E-state index < -0.39 is 10.0 Å². The standard InChI is InChI=1S/C16H24ClNO2S/c17-12-15-8-4-5-9-16(15)13-18-21(19,20)11-10-14-6-2-1-3-7-14/h1-3,6-7,15-16,18H,4-5,8-13H2. The van der Waals surface area contributed by atoms with E-state index in [2.05, 4.69) is 4.72 Å². The second-order valence-corrected chi connectivity index (χ2v) is 8.10. The van der Waals surface area contributed by atoms with Crippen LogP contribution >= 0.6 is 11.6 Å². The lowest BCUT2D eigenvalue weighted by Crippen LogP contribution is -2.36.